The van der Waals surface area contributed by atoms with Crippen molar-refractivity contribution in [3.05, 3.63) is 28.2 Å². The van der Waals surface area contributed by atoms with Gasteiger partial charge in [0.25, 0.3) is 0 Å². The first-order valence-corrected chi connectivity index (χ1v) is 12.2. The summed E-state index contributed by atoms with van der Waals surface area (Å²) in [6, 6.07) is 4.37. The summed E-state index contributed by atoms with van der Waals surface area (Å²) >= 11 is 14.7. The minimum absolute atomic E-state index is 0.129. The Morgan fingerprint density at radius 1 is 1.33 bits per heavy atom. The van der Waals surface area contributed by atoms with Crippen molar-refractivity contribution in [3.63, 3.8) is 0 Å². The van der Waals surface area contributed by atoms with Gasteiger partial charge < -0.3 is 0 Å². The molecular weight excluding hydrogens is 451 g/mol. The third kappa shape index (κ3) is 6.79. The van der Waals surface area contributed by atoms with Crippen molar-refractivity contribution in [2.45, 2.75) is 18.2 Å². The standard InChI is InChI=1S/C15H18Cl2N4O3S3/c1-9(2)8-25-15-20-19-14(26-15)18-13(22)7-21(27(3,23)24)12-5-4-10(16)6-11(12)17/h4-6,9H,7-8H2,1-3H3,(H,18,19,22). The summed E-state index contributed by atoms with van der Waals surface area (Å²) in [5.74, 6) is 0.840. The molecule has 12 heteroatoms. The third-order valence-corrected chi connectivity index (χ3v) is 7.12. The molecule has 1 amide bonds. The fourth-order valence-corrected chi connectivity index (χ4v) is 5.08. The molecule has 0 spiro atoms. The van der Waals surface area contributed by atoms with Gasteiger partial charge in [0.15, 0.2) is 4.34 Å². The van der Waals surface area contributed by atoms with E-state index in [1.807, 2.05) is 0 Å². The summed E-state index contributed by atoms with van der Waals surface area (Å²) in [5, 5.41) is 11.3. The van der Waals surface area contributed by atoms with E-state index in [1.165, 1.54) is 29.5 Å². The van der Waals surface area contributed by atoms with Crippen molar-refractivity contribution >= 4 is 73.0 Å². The molecule has 0 atom stereocenters. The molecule has 2 aromatic rings. The minimum Gasteiger partial charge on any atom is -0.299 e. The van der Waals surface area contributed by atoms with Gasteiger partial charge >= 0.3 is 0 Å². The Bertz CT molecular complexity index is 919. The smallest absolute Gasteiger partial charge is 0.246 e. The second kappa shape index (κ2) is 9.42. The number of anilines is 2. The van der Waals surface area contributed by atoms with Crippen LogP contribution in [0.4, 0.5) is 10.8 Å². The maximum atomic E-state index is 12.3. The van der Waals surface area contributed by atoms with E-state index >= 15 is 0 Å². The lowest BCUT2D eigenvalue weighted by Gasteiger charge is -2.22. The van der Waals surface area contributed by atoms with E-state index in [0.29, 0.717) is 16.1 Å². The van der Waals surface area contributed by atoms with Crippen LogP contribution in [-0.4, -0.2) is 43.1 Å². The highest BCUT2D eigenvalue weighted by Crippen LogP contribution is 2.31. The number of sulfonamides is 1. The first-order chi connectivity index (χ1) is 12.6. The van der Waals surface area contributed by atoms with Crippen molar-refractivity contribution in [1.82, 2.24) is 10.2 Å². The van der Waals surface area contributed by atoms with Gasteiger partial charge in [-0.25, -0.2) is 8.42 Å². The number of hydrogen-bond acceptors (Lipinski definition) is 7. The molecule has 1 aromatic carbocycles. The number of carbonyl (C=O) groups is 1. The first kappa shape index (κ1) is 22.2. The number of halogens is 2. The van der Waals surface area contributed by atoms with E-state index in [-0.39, 0.29) is 10.7 Å². The maximum Gasteiger partial charge on any atom is 0.246 e. The molecule has 1 heterocycles. The Morgan fingerprint density at radius 3 is 2.63 bits per heavy atom. The Hall–Kier alpha value is -1.07. The Kier molecular flexibility index (Phi) is 7.75. The van der Waals surface area contributed by atoms with Crippen molar-refractivity contribution in [2.75, 3.05) is 28.2 Å². The molecule has 0 aliphatic carbocycles. The van der Waals surface area contributed by atoms with Crippen LogP contribution in [0.25, 0.3) is 0 Å². The summed E-state index contributed by atoms with van der Waals surface area (Å²) in [6.45, 7) is 3.74. The molecule has 0 saturated heterocycles. The zero-order valence-corrected chi connectivity index (χ0v) is 18.7. The fraction of sp³-hybridized carbons (Fsp3) is 0.400. The lowest BCUT2D eigenvalue weighted by atomic mass is 10.3. The second-order valence-electron chi connectivity index (χ2n) is 5.99. The van der Waals surface area contributed by atoms with E-state index in [2.05, 4.69) is 29.4 Å². The monoisotopic (exact) mass is 468 g/mol. The lowest BCUT2D eigenvalue weighted by molar-refractivity contribution is -0.114. The number of nitrogens with one attached hydrogen (secondary N) is 1. The van der Waals surface area contributed by atoms with Crippen molar-refractivity contribution < 1.29 is 13.2 Å². The molecule has 7 nitrogen and oxygen atoms in total. The van der Waals surface area contributed by atoms with Crippen LogP contribution in [0.3, 0.4) is 0 Å². The van der Waals surface area contributed by atoms with E-state index in [0.717, 1.165) is 20.7 Å². The molecule has 0 saturated carbocycles. The van der Waals surface area contributed by atoms with Crippen LogP contribution < -0.4 is 9.62 Å². The molecule has 0 unspecified atom stereocenters. The summed E-state index contributed by atoms with van der Waals surface area (Å²) < 4.78 is 25.9. The molecule has 0 aliphatic heterocycles. The average Bonchev–Trinajstić information content (AvgIpc) is 2.98. The van der Waals surface area contributed by atoms with Gasteiger partial charge in [-0.05, 0) is 24.1 Å². The number of aromatic nitrogens is 2. The fourth-order valence-electron chi connectivity index (χ4n) is 1.91. The number of carbonyl (C=O) groups excluding carboxylic acids is 1. The van der Waals surface area contributed by atoms with Gasteiger partial charge in [0, 0.05) is 10.8 Å². The summed E-state index contributed by atoms with van der Waals surface area (Å²) in [7, 11) is -3.75. The van der Waals surface area contributed by atoms with E-state index < -0.39 is 22.5 Å². The zero-order chi connectivity index (χ0) is 20.2. The van der Waals surface area contributed by atoms with Gasteiger partial charge in [-0.3, -0.25) is 14.4 Å². The van der Waals surface area contributed by atoms with E-state index in [1.54, 1.807) is 11.8 Å². The Morgan fingerprint density at radius 2 is 2.04 bits per heavy atom. The molecule has 0 fully saturated rings. The number of hydrogen-bond donors (Lipinski definition) is 1. The second-order valence-corrected chi connectivity index (χ2v) is 11.0. The molecule has 0 radical (unpaired) electrons. The van der Waals surface area contributed by atoms with E-state index in [9.17, 15) is 13.2 Å². The minimum atomic E-state index is -3.75. The van der Waals surface area contributed by atoms with Crippen LogP contribution in [0.5, 0.6) is 0 Å². The van der Waals surface area contributed by atoms with Crippen LogP contribution in [0.15, 0.2) is 22.5 Å². The van der Waals surface area contributed by atoms with Crippen LogP contribution in [0, 0.1) is 5.92 Å². The van der Waals surface area contributed by atoms with Crippen molar-refractivity contribution in [2.24, 2.45) is 5.92 Å². The van der Waals surface area contributed by atoms with Crippen LogP contribution in [-0.2, 0) is 14.8 Å². The van der Waals surface area contributed by atoms with Crippen molar-refractivity contribution in [3.8, 4) is 0 Å². The summed E-state index contributed by atoms with van der Waals surface area (Å²) in [5.41, 5.74) is 0.171. The zero-order valence-electron chi connectivity index (χ0n) is 14.8. The maximum absolute atomic E-state index is 12.3. The number of amides is 1. The van der Waals surface area contributed by atoms with Gasteiger partial charge in [0.1, 0.15) is 6.54 Å². The van der Waals surface area contributed by atoms with Gasteiger partial charge in [-0.1, -0.05) is 60.1 Å². The molecule has 0 aliphatic rings. The summed E-state index contributed by atoms with van der Waals surface area (Å²) in [4.78, 5) is 12.3. The number of benzene rings is 1. The lowest BCUT2D eigenvalue weighted by Crippen LogP contribution is -2.37. The quantitative estimate of drug-likeness (QED) is 0.464. The topological polar surface area (TPSA) is 92.3 Å². The highest BCUT2D eigenvalue weighted by Gasteiger charge is 2.23. The SMILES string of the molecule is CC(C)CSc1nnc(NC(=O)CN(c2ccc(Cl)cc2Cl)S(C)(=O)=O)s1. The number of nitrogens with zero attached hydrogens (tertiary/aromatic N) is 3. The van der Waals surface area contributed by atoms with Gasteiger partial charge in [-0.2, -0.15) is 0 Å². The predicted octanol–water partition coefficient (Wildman–Crippen LogP) is 4.00. The first-order valence-electron chi connectivity index (χ1n) is 7.75. The molecule has 0 bridgehead atoms. The van der Waals surface area contributed by atoms with Gasteiger partial charge in [0.05, 0.1) is 17.0 Å². The van der Waals surface area contributed by atoms with Crippen LogP contribution in [0.1, 0.15) is 13.8 Å². The molecule has 1 N–H and O–H groups in total. The van der Waals surface area contributed by atoms with Crippen molar-refractivity contribution in [1.29, 1.82) is 0 Å². The molecular formula is C15H18Cl2N4O3S3. The molecule has 1 aromatic heterocycles. The molecule has 2 rings (SSSR count). The predicted molar refractivity (Wildman–Crippen MR) is 113 cm³/mol. The average molecular weight is 469 g/mol. The van der Waals surface area contributed by atoms with E-state index in [4.69, 9.17) is 23.2 Å². The van der Waals surface area contributed by atoms with Gasteiger partial charge in [-0.15, -0.1) is 10.2 Å². The van der Waals surface area contributed by atoms with Crippen LogP contribution >= 0.6 is 46.3 Å². The molecule has 27 heavy (non-hydrogen) atoms. The Labute approximate surface area is 176 Å². The number of rotatable bonds is 8. The normalized spacial score (nSPS) is 11.6. The largest absolute Gasteiger partial charge is 0.299 e. The van der Waals surface area contributed by atoms with Gasteiger partial charge in [0.2, 0.25) is 21.1 Å². The highest BCUT2D eigenvalue weighted by molar-refractivity contribution is 8.01. The Balaban J connectivity index is 2.11. The molecule has 148 valence electrons. The highest BCUT2D eigenvalue weighted by atomic mass is 35.5. The van der Waals surface area contributed by atoms with Crippen LogP contribution in [0.2, 0.25) is 10.0 Å². The third-order valence-electron chi connectivity index (χ3n) is 3.06. The number of thioether (sulfide) groups is 1. The summed E-state index contributed by atoms with van der Waals surface area (Å²) in [6.07, 6.45) is 0.997.